The molecule has 0 saturated heterocycles. The van der Waals surface area contributed by atoms with Crippen molar-refractivity contribution >= 4 is 13.5 Å². The van der Waals surface area contributed by atoms with Gasteiger partial charge in [0.05, 0.1) is 7.85 Å². The molecule has 1 atom stereocenters. The highest BCUT2D eigenvalue weighted by Gasteiger charge is 2.12. The van der Waals surface area contributed by atoms with Crippen LogP contribution in [0.4, 0.5) is 0 Å². The van der Waals surface area contributed by atoms with E-state index in [0.717, 1.165) is 18.5 Å². The van der Waals surface area contributed by atoms with Crippen LogP contribution in [0, 0.1) is 20.8 Å². The third kappa shape index (κ3) is 4.53. The SMILES string of the molecule is [B]CC(Cc1ccc(C)cc1)NC(=C)c1cc(CC)c(C)cc1C. The normalized spacial score (nSPS) is 12.0. The molecule has 0 bridgehead atoms. The molecule has 1 nitrogen and oxygen atoms in total. The maximum Gasteiger partial charge on any atom is 0.0680 e. The van der Waals surface area contributed by atoms with Gasteiger partial charge in [0.2, 0.25) is 0 Å². The van der Waals surface area contributed by atoms with E-state index in [1.165, 1.54) is 33.4 Å². The zero-order chi connectivity index (χ0) is 17.7. The minimum absolute atomic E-state index is 0.186. The molecule has 0 amide bonds. The van der Waals surface area contributed by atoms with Gasteiger partial charge in [0.1, 0.15) is 0 Å². The molecule has 2 aromatic rings. The molecule has 0 saturated carbocycles. The molecule has 0 heterocycles. The molecule has 1 unspecified atom stereocenters. The van der Waals surface area contributed by atoms with E-state index in [9.17, 15) is 0 Å². The molecule has 2 aromatic carbocycles. The van der Waals surface area contributed by atoms with Crippen LogP contribution in [0.25, 0.3) is 5.70 Å². The van der Waals surface area contributed by atoms with Gasteiger partial charge < -0.3 is 5.32 Å². The summed E-state index contributed by atoms with van der Waals surface area (Å²) < 4.78 is 0. The summed E-state index contributed by atoms with van der Waals surface area (Å²) in [7, 11) is 5.99. The van der Waals surface area contributed by atoms with E-state index in [4.69, 9.17) is 7.85 Å². The standard InChI is InChI=1S/C22H28BN/c1-6-20-13-22(17(4)11-16(20)3)18(5)24-21(14-23)12-19-9-7-15(2)8-10-19/h7-11,13,21,24H,5-6,12,14H2,1-4H3. The van der Waals surface area contributed by atoms with E-state index >= 15 is 0 Å². The van der Waals surface area contributed by atoms with Crippen molar-refractivity contribution in [3.63, 3.8) is 0 Å². The van der Waals surface area contributed by atoms with Crippen LogP contribution in [0.15, 0.2) is 43.0 Å². The third-order valence-electron chi connectivity index (χ3n) is 4.65. The van der Waals surface area contributed by atoms with Crippen LogP contribution < -0.4 is 5.32 Å². The molecule has 0 spiro atoms. The van der Waals surface area contributed by atoms with Crippen LogP contribution >= 0.6 is 0 Å². The molecule has 2 heteroatoms. The highest BCUT2D eigenvalue weighted by molar-refractivity contribution is 6.09. The number of hydrogen-bond acceptors (Lipinski definition) is 1. The van der Waals surface area contributed by atoms with Gasteiger partial charge in [0, 0.05) is 17.3 Å². The Bertz CT molecular complexity index is 701. The van der Waals surface area contributed by atoms with Crippen molar-refractivity contribution in [1.82, 2.24) is 5.32 Å². The minimum Gasteiger partial charge on any atom is -0.383 e. The Hall–Kier alpha value is -1.96. The average Bonchev–Trinajstić information content (AvgIpc) is 2.56. The van der Waals surface area contributed by atoms with Gasteiger partial charge in [-0.15, -0.1) is 0 Å². The Morgan fingerprint density at radius 2 is 1.75 bits per heavy atom. The molecule has 1 N–H and O–H groups in total. The van der Waals surface area contributed by atoms with Crippen LogP contribution in [0.2, 0.25) is 6.32 Å². The fraction of sp³-hybridized carbons (Fsp3) is 0.364. The predicted octanol–water partition coefficient (Wildman–Crippen LogP) is 4.93. The van der Waals surface area contributed by atoms with Gasteiger partial charge in [-0.2, -0.15) is 0 Å². The molecular formula is C22H28BN. The van der Waals surface area contributed by atoms with Crippen molar-refractivity contribution in [3.05, 3.63) is 76.4 Å². The van der Waals surface area contributed by atoms with Gasteiger partial charge in [0.15, 0.2) is 0 Å². The predicted molar refractivity (Wildman–Crippen MR) is 107 cm³/mol. The second-order valence-electron chi connectivity index (χ2n) is 6.69. The number of rotatable bonds is 7. The van der Waals surface area contributed by atoms with Crippen molar-refractivity contribution in [2.45, 2.75) is 52.9 Å². The number of nitrogens with one attached hydrogen (secondary N) is 1. The molecule has 0 aliphatic rings. The van der Waals surface area contributed by atoms with Crippen LogP contribution in [0.3, 0.4) is 0 Å². The highest BCUT2D eigenvalue weighted by atomic mass is 14.9. The molecule has 2 radical (unpaired) electrons. The first-order valence-electron chi connectivity index (χ1n) is 8.76. The van der Waals surface area contributed by atoms with E-state index in [1.54, 1.807) is 0 Å². The van der Waals surface area contributed by atoms with Gasteiger partial charge in [-0.1, -0.05) is 55.7 Å². The Balaban J connectivity index is 2.13. The number of hydrogen-bond donors (Lipinski definition) is 1. The van der Waals surface area contributed by atoms with E-state index in [2.05, 4.69) is 76.0 Å². The Labute approximate surface area is 148 Å². The molecule has 0 fully saturated rings. The van der Waals surface area contributed by atoms with E-state index in [1.807, 2.05) is 0 Å². The van der Waals surface area contributed by atoms with Gasteiger partial charge in [-0.3, -0.25) is 0 Å². The van der Waals surface area contributed by atoms with Crippen LogP contribution in [-0.4, -0.2) is 13.9 Å². The quantitative estimate of drug-likeness (QED) is 0.714. The third-order valence-corrected chi connectivity index (χ3v) is 4.65. The van der Waals surface area contributed by atoms with Crippen LogP contribution in [0.5, 0.6) is 0 Å². The fourth-order valence-corrected chi connectivity index (χ4v) is 3.13. The summed E-state index contributed by atoms with van der Waals surface area (Å²) >= 11 is 0. The molecular weight excluding hydrogens is 289 g/mol. The maximum atomic E-state index is 5.99. The summed E-state index contributed by atoms with van der Waals surface area (Å²) in [6.45, 7) is 12.9. The van der Waals surface area contributed by atoms with Gasteiger partial charge in [-0.05, 0) is 61.9 Å². The number of benzene rings is 2. The Morgan fingerprint density at radius 1 is 1.08 bits per heavy atom. The van der Waals surface area contributed by atoms with Gasteiger partial charge in [0.25, 0.3) is 0 Å². The topological polar surface area (TPSA) is 12.0 Å². The van der Waals surface area contributed by atoms with Crippen molar-refractivity contribution < 1.29 is 0 Å². The molecule has 124 valence electrons. The summed E-state index contributed by atoms with van der Waals surface area (Å²) in [4.78, 5) is 0. The largest absolute Gasteiger partial charge is 0.383 e. The summed E-state index contributed by atoms with van der Waals surface area (Å²) in [6.07, 6.45) is 2.52. The zero-order valence-electron chi connectivity index (χ0n) is 15.4. The maximum absolute atomic E-state index is 5.99. The second-order valence-corrected chi connectivity index (χ2v) is 6.69. The van der Waals surface area contributed by atoms with E-state index < -0.39 is 0 Å². The minimum atomic E-state index is 0.186. The van der Waals surface area contributed by atoms with Crippen molar-refractivity contribution in [1.29, 1.82) is 0 Å². The Kier molecular flexibility index (Phi) is 6.31. The molecule has 0 aromatic heterocycles. The van der Waals surface area contributed by atoms with Gasteiger partial charge in [-0.25, -0.2) is 0 Å². The summed E-state index contributed by atoms with van der Waals surface area (Å²) in [6, 6.07) is 13.3. The lowest BCUT2D eigenvalue weighted by Gasteiger charge is -2.22. The van der Waals surface area contributed by atoms with Crippen molar-refractivity contribution in [2.24, 2.45) is 0 Å². The highest BCUT2D eigenvalue weighted by Crippen LogP contribution is 2.22. The van der Waals surface area contributed by atoms with Crippen molar-refractivity contribution in [2.75, 3.05) is 0 Å². The van der Waals surface area contributed by atoms with Crippen molar-refractivity contribution in [3.8, 4) is 0 Å². The monoisotopic (exact) mass is 317 g/mol. The lowest BCUT2D eigenvalue weighted by atomic mass is 9.91. The zero-order valence-corrected chi connectivity index (χ0v) is 15.4. The average molecular weight is 317 g/mol. The Morgan fingerprint density at radius 3 is 2.33 bits per heavy atom. The first-order valence-corrected chi connectivity index (χ1v) is 8.76. The number of aryl methyl sites for hydroxylation is 4. The molecule has 24 heavy (non-hydrogen) atoms. The fourth-order valence-electron chi connectivity index (χ4n) is 3.13. The molecule has 0 aliphatic heterocycles. The lowest BCUT2D eigenvalue weighted by molar-refractivity contribution is 0.647. The summed E-state index contributed by atoms with van der Waals surface area (Å²) in [5.41, 5.74) is 8.72. The van der Waals surface area contributed by atoms with E-state index in [0.29, 0.717) is 6.32 Å². The first kappa shape index (κ1) is 18.4. The summed E-state index contributed by atoms with van der Waals surface area (Å²) in [5, 5.41) is 3.54. The van der Waals surface area contributed by atoms with Gasteiger partial charge >= 0.3 is 0 Å². The lowest BCUT2D eigenvalue weighted by Crippen LogP contribution is -2.29. The first-order chi connectivity index (χ1) is 11.4. The smallest absolute Gasteiger partial charge is 0.0680 e. The van der Waals surface area contributed by atoms with Crippen LogP contribution in [-0.2, 0) is 12.8 Å². The van der Waals surface area contributed by atoms with Crippen LogP contribution in [0.1, 0.15) is 40.3 Å². The summed E-state index contributed by atoms with van der Waals surface area (Å²) in [5.74, 6) is 0. The molecule has 2 rings (SSSR count). The molecule has 0 aliphatic carbocycles. The van der Waals surface area contributed by atoms with E-state index in [-0.39, 0.29) is 6.04 Å². The second kappa shape index (κ2) is 8.23.